The molecule has 0 fully saturated rings. The highest BCUT2D eigenvalue weighted by molar-refractivity contribution is 5.89. The van der Waals surface area contributed by atoms with Gasteiger partial charge in [0.05, 0.1) is 6.54 Å². The molecule has 0 aliphatic rings. The van der Waals surface area contributed by atoms with Gasteiger partial charge in [0.2, 0.25) is 5.91 Å². The van der Waals surface area contributed by atoms with E-state index in [1.165, 1.54) is 6.33 Å². The molecule has 0 aromatic carbocycles. The summed E-state index contributed by atoms with van der Waals surface area (Å²) in [6.07, 6.45) is 5.09. The first-order valence-corrected chi connectivity index (χ1v) is 5.29. The molecule has 1 N–H and O–H groups in total. The van der Waals surface area contributed by atoms with E-state index in [1.807, 2.05) is 13.0 Å². The van der Waals surface area contributed by atoms with Gasteiger partial charge < -0.3 is 5.32 Å². The highest BCUT2D eigenvalue weighted by atomic mass is 16.1. The number of hydrogen-bond acceptors (Lipinski definition) is 4. The van der Waals surface area contributed by atoms with Gasteiger partial charge in [-0.15, -0.1) is 0 Å². The summed E-state index contributed by atoms with van der Waals surface area (Å²) in [6, 6.07) is 3.68. The minimum atomic E-state index is -0.0862. The Balaban J connectivity index is 1.83. The molecule has 0 spiro atoms. The Kier molecular flexibility index (Phi) is 3.44. The number of carbonyl (C=O) groups excluding carboxylic acids is 1. The van der Waals surface area contributed by atoms with E-state index in [-0.39, 0.29) is 5.91 Å². The average Bonchev–Trinajstić information content (AvgIpc) is 2.83. The molecule has 2 heterocycles. The van der Waals surface area contributed by atoms with Gasteiger partial charge in [-0.05, 0) is 18.6 Å². The first kappa shape index (κ1) is 11.3. The van der Waals surface area contributed by atoms with Gasteiger partial charge in [-0.1, -0.05) is 6.07 Å². The summed E-state index contributed by atoms with van der Waals surface area (Å²) in [5.74, 6) is 0.482. The van der Waals surface area contributed by atoms with Crippen molar-refractivity contribution in [3.63, 3.8) is 0 Å². The van der Waals surface area contributed by atoms with Crippen LogP contribution in [0.5, 0.6) is 0 Å². The van der Waals surface area contributed by atoms with Crippen molar-refractivity contribution in [1.82, 2.24) is 19.7 Å². The van der Waals surface area contributed by atoms with Crippen molar-refractivity contribution in [2.24, 2.45) is 0 Å². The predicted molar refractivity (Wildman–Crippen MR) is 62.2 cm³/mol. The number of aromatic nitrogens is 4. The summed E-state index contributed by atoms with van der Waals surface area (Å²) in [6.45, 7) is 2.46. The van der Waals surface area contributed by atoms with E-state index in [9.17, 15) is 4.79 Å². The number of hydrogen-bond donors (Lipinski definition) is 1. The van der Waals surface area contributed by atoms with Gasteiger partial charge in [-0.25, -0.2) is 9.97 Å². The van der Waals surface area contributed by atoms with Gasteiger partial charge in [-0.3, -0.25) is 9.48 Å². The number of nitrogens with one attached hydrogen (secondary N) is 1. The quantitative estimate of drug-likeness (QED) is 0.852. The maximum atomic E-state index is 11.6. The molecular formula is C11H13N5O. The second-order valence-corrected chi connectivity index (χ2v) is 3.68. The minimum absolute atomic E-state index is 0.0862. The lowest BCUT2D eigenvalue weighted by Crippen LogP contribution is -2.15. The zero-order valence-corrected chi connectivity index (χ0v) is 9.50. The van der Waals surface area contributed by atoms with Crippen LogP contribution in [0.15, 0.2) is 31.0 Å². The second kappa shape index (κ2) is 5.20. The summed E-state index contributed by atoms with van der Waals surface area (Å²) >= 11 is 0. The second-order valence-electron chi connectivity index (χ2n) is 3.68. The lowest BCUT2D eigenvalue weighted by Gasteiger charge is -2.04. The lowest BCUT2D eigenvalue weighted by molar-refractivity contribution is -0.116. The molecule has 0 saturated carbocycles. The Morgan fingerprint density at radius 1 is 1.47 bits per heavy atom. The van der Waals surface area contributed by atoms with Gasteiger partial charge in [0, 0.05) is 12.6 Å². The van der Waals surface area contributed by atoms with Crippen LogP contribution in [-0.2, 0) is 11.3 Å². The number of anilines is 1. The van der Waals surface area contributed by atoms with Crippen LogP contribution < -0.4 is 5.32 Å². The van der Waals surface area contributed by atoms with Gasteiger partial charge in [0.1, 0.15) is 18.5 Å². The van der Waals surface area contributed by atoms with Crippen LogP contribution >= 0.6 is 0 Å². The molecule has 1 amide bonds. The van der Waals surface area contributed by atoms with Gasteiger partial charge in [0.15, 0.2) is 0 Å². The molecule has 17 heavy (non-hydrogen) atoms. The standard InChI is InChI=1S/C11H13N5O/c1-9-2-3-10(13-6-9)15-11(17)4-5-16-8-12-7-14-16/h2-3,6-8H,4-5H2,1H3,(H,13,15,17). The number of nitrogens with zero attached hydrogens (tertiary/aromatic N) is 4. The number of pyridine rings is 1. The molecule has 2 aromatic rings. The van der Waals surface area contributed by atoms with Crippen molar-refractivity contribution in [2.45, 2.75) is 19.9 Å². The highest BCUT2D eigenvalue weighted by Gasteiger charge is 2.03. The molecule has 88 valence electrons. The van der Waals surface area contributed by atoms with Crippen LogP contribution in [0, 0.1) is 6.92 Å². The van der Waals surface area contributed by atoms with Crippen LogP contribution in [-0.4, -0.2) is 25.7 Å². The van der Waals surface area contributed by atoms with Gasteiger partial charge >= 0.3 is 0 Å². The molecule has 0 saturated heterocycles. The summed E-state index contributed by atoms with van der Waals surface area (Å²) in [7, 11) is 0. The van der Waals surface area contributed by atoms with Crippen molar-refractivity contribution in [1.29, 1.82) is 0 Å². The van der Waals surface area contributed by atoms with E-state index in [1.54, 1.807) is 23.3 Å². The van der Waals surface area contributed by atoms with Crippen molar-refractivity contribution >= 4 is 11.7 Å². The van der Waals surface area contributed by atoms with Gasteiger partial charge in [-0.2, -0.15) is 5.10 Å². The first-order valence-electron chi connectivity index (χ1n) is 5.29. The minimum Gasteiger partial charge on any atom is -0.311 e. The SMILES string of the molecule is Cc1ccc(NC(=O)CCn2cncn2)nc1. The molecular weight excluding hydrogens is 218 g/mol. The Labute approximate surface area is 98.7 Å². The monoisotopic (exact) mass is 231 g/mol. The topological polar surface area (TPSA) is 72.7 Å². The Bertz CT molecular complexity index is 477. The zero-order chi connectivity index (χ0) is 12.1. The predicted octanol–water partition coefficient (Wildman–Crippen LogP) is 1.01. The van der Waals surface area contributed by atoms with E-state index in [2.05, 4.69) is 20.4 Å². The number of carbonyl (C=O) groups is 1. The fourth-order valence-corrected chi connectivity index (χ4v) is 1.31. The lowest BCUT2D eigenvalue weighted by atomic mass is 10.3. The van der Waals surface area contributed by atoms with Crippen LogP contribution in [0.3, 0.4) is 0 Å². The van der Waals surface area contributed by atoms with E-state index in [0.717, 1.165) is 5.56 Å². The van der Waals surface area contributed by atoms with Crippen molar-refractivity contribution in [3.05, 3.63) is 36.5 Å². The molecule has 0 unspecified atom stereocenters. The van der Waals surface area contributed by atoms with Crippen LogP contribution in [0.4, 0.5) is 5.82 Å². The number of rotatable bonds is 4. The average molecular weight is 231 g/mol. The molecule has 2 rings (SSSR count). The summed E-state index contributed by atoms with van der Waals surface area (Å²) in [5, 5.41) is 6.64. The van der Waals surface area contributed by atoms with Crippen molar-refractivity contribution < 1.29 is 4.79 Å². The maximum absolute atomic E-state index is 11.6. The van der Waals surface area contributed by atoms with Crippen molar-refractivity contribution in [2.75, 3.05) is 5.32 Å². The largest absolute Gasteiger partial charge is 0.311 e. The Morgan fingerprint density at radius 3 is 3.00 bits per heavy atom. The van der Waals surface area contributed by atoms with Gasteiger partial charge in [0.25, 0.3) is 0 Å². The molecule has 0 bridgehead atoms. The summed E-state index contributed by atoms with van der Waals surface area (Å²) in [4.78, 5) is 19.5. The molecule has 6 nitrogen and oxygen atoms in total. The van der Waals surface area contributed by atoms with Crippen LogP contribution in [0.25, 0.3) is 0 Å². The molecule has 0 aliphatic carbocycles. The number of amides is 1. The molecule has 0 radical (unpaired) electrons. The molecule has 6 heteroatoms. The fraction of sp³-hybridized carbons (Fsp3) is 0.273. The molecule has 0 aliphatic heterocycles. The summed E-state index contributed by atoms with van der Waals surface area (Å²) in [5.41, 5.74) is 1.06. The third-order valence-corrected chi connectivity index (χ3v) is 2.21. The third-order valence-electron chi connectivity index (χ3n) is 2.21. The van der Waals surface area contributed by atoms with E-state index < -0.39 is 0 Å². The van der Waals surface area contributed by atoms with E-state index in [4.69, 9.17) is 0 Å². The molecule has 2 aromatic heterocycles. The fourth-order valence-electron chi connectivity index (χ4n) is 1.31. The number of aryl methyl sites for hydroxylation is 2. The smallest absolute Gasteiger partial charge is 0.227 e. The Morgan fingerprint density at radius 2 is 2.35 bits per heavy atom. The Hall–Kier alpha value is -2.24. The summed E-state index contributed by atoms with van der Waals surface area (Å²) < 4.78 is 1.61. The zero-order valence-electron chi connectivity index (χ0n) is 9.50. The van der Waals surface area contributed by atoms with Crippen LogP contribution in [0.1, 0.15) is 12.0 Å². The highest BCUT2D eigenvalue weighted by Crippen LogP contribution is 2.04. The van der Waals surface area contributed by atoms with Crippen molar-refractivity contribution in [3.8, 4) is 0 Å². The van der Waals surface area contributed by atoms with E-state index in [0.29, 0.717) is 18.8 Å². The first-order chi connectivity index (χ1) is 8.24. The van der Waals surface area contributed by atoms with Crippen LogP contribution in [0.2, 0.25) is 0 Å². The van der Waals surface area contributed by atoms with E-state index >= 15 is 0 Å². The molecule has 0 atom stereocenters. The normalized spacial score (nSPS) is 10.2. The maximum Gasteiger partial charge on any atom is 0.227 e. The third kappa shape index (κ3) is 3.37.